The molecule has 0 saturated heterocycles. The van der Waals surface area contributed by atoms with Gasteiger partial charge in [0.15, 0.2) is 0 Å². The number of rotatable bonds is 14. The quantitative estimate of drug-likeness (QED) is 0.245. The molecule has 1 aromatic rings. The van der Waals surface area contributed by atoms with E-state index >= 15 is 0 Å². The van der Waals surface area contributed by atoms with Gasteiger partial charge in [0.2, 0.25) is 0 Å². The van der Waals surface area contributed by atoms with Crippen molar-refractivity contribution in [3.63, 3.8) is 0 Å². The SMILES string of the molecule is CCCCC[Si](CCCCC)(CCCCC)Oc1cccc(C)c1. The Kier molecular flexibility index (Phi) is 11.2. The van der Waals surface area contributed by atoms with Crippen molar-refractivity contribution in [1.29, 1.82) is 0 Å². The Morgan fingerprint density at radius 3 is 1.67 bits per heavy atom. The molecule has 0 spiro atoms. The van der Waals surface area contributed by atoms with Gasteiger partial charge in [-0.05, 0) is 42.8 Å². The molecular formula is C22H40OSi. The van der Waals surface area contributed by atoms with Crippen LogP contribution < -0.4 is 4.43 Å². The minimum atomic E-state index is -1.67. The standard InChI is InChI=1S/C22H40OSi/c1-5-8-11-17-24(18-12-9-6-2,19-13-10-7-3)23-22-16-14-15-21(4)20-22/h14-16,20H,5-13,17-19H2,1-4H3. The summed E-state index contributed by atoms with van der Waals surface area (Å²) in [6.45, 7) is 9.08. The molecule has 0 heterocycles. The van der Waals surface area contributed by atoms with Gasteiger partial charge in [-0.1, -0.05) is 90.7 Å². The van der Waals surface area contributed by atoms with Crippen LogP contribution in [0.15, 0.2) is 24.3 Å². The van der Waals surface area contributed by atoms with Crippen LogP contribution in [0.5, 0.6) is 5.75 Å². The third-order valence-corrected chi connectivity index (χ3v) is 9.49. The number of aryl methyl sites for hydroxylation is 1. The van der Waals surface area contributed by atoms with E-state index in [0.29, 0.717) is 0 Å². The molecule has 0 aliphatic heterocycles. The van der Waals surface area contributed by atoms with Gasteiger partial charge in [0.05, 0.1) is 0 Å². The zero-order valence-electron chi connectivity index (χ0n) is 16.7. The Bertz CT molecular complexity index is 403. The summed E-state index contributed by atoms with van der Waals surface area (Å²) in [6, 6.07) is 12.8. The lowest BCUT2D eigenvalue weighted by atomic mass is 10.2. The fraction of sp³-hybridized carbons (Fsp3) is 0.727. The summed E-state index contributed by atoms with van der Waals surface area (Å²) in [5.74, 6) is 1.13. The van der Waals surface area contributed by atoms with E-state index in [0.717, 1.165) is 5.75 Å². The molecule has 0 aliphatic carbocycles. The second kappa shape index (κ2) is 12.6. The molecule has 0 radical (unpaired) electrons. The van der Waals surface area contributed by atoms with Gasteiger partial charge in [-0.15, -0.1) is 0 Å². The second-order valence-electron chi connectivity index (χ2n) is 7.47. The average molecular weight is 349 g/mol. The largest absolute Gasteiger partial charge is 0.543 e. The highest BCUT2D eigenvalue weighted by Crippen LogP contribution is 2.32. The van der Waals surface area contributed by atoms with Crippen LogP contribution in [0, 0.1) is 6.92 Å². The average Bonchev–Trinajstić information content (AvgIpc) is 2.56. The van der Waals surface area contributed by atoms with E-state index in [-0.39, 0.29) is 0 Å². The molecule has 1 nitrogen and oxygen atoms in total. The van der Waals surface area contributed by atoms with Crippen LogP contribution in [-0.4, -0.2) is 8.32 Å². The Morgan fingerprint density at radius 2 is 1.25 bits per heavy atom. The molecule has 24 heavy (non-hydrogen) atoms. The van der Waals surface area contributed by atoms with Crippen LogP contribution in [0.3, 0.4) is 0 Å². The summed E-state index contributed by atoms with van der Waals surface area (Å²) in [6.07, 6.45) is 12.0. The molecular weight excluding hydrogens is 308 g/mol. The van der Waals surface area contributed by atoms with Gasteiger partial charge in [0, 0.05) is 0 Å². The molecule has 0 atom stereocenters. The second-order valence-corrected chi connectivity index (χ2v) is 11.5. The van der Waals surface area contributed by atoms with Crippen molar-refractivity contribution < 1.29 is 4.43 Å². The van der Waals surface area contributed by atoms with E-state index < -0.39 is 8.32 Å². The van der Waals surface area contributed by atoms with Gasteiger partial charge in [-0.3, -0.25) is 0 Å². The van der Waals surface area contributed by atoms with Crippen LogP contribution in [0.4, 0.5) is 0 Å². The Labute approximate surface area is 152 Å². The van der Waals surface area contributed by atoms with Crippen molar-refractivity contribution in [2.45, 2.75) is 104 Å². The maximum Gasteiger partial charge on any atom is 0.251 e. The fourth-order valence-corrected chi connectivity index (χ4v) is 7.91. The summed E-state index contributed by atoms with van der Waals surface area (Å²) in [7, 11) is -1.67. The van der Waals surface area contributed by atoms with E-state index in [1.807, 2.05) is 0 Å². The number of unbranched alkanes of at least 4 members (excludes halogenated alkanes) is 6. The molecule has 2 heteroatoms. The van der Waals surface area contributed by atoms with Crippen molar-refractivity contribution in [1.82, 2.24) is 0 Å². The lowest BCUT2D eigenvalue weighted by Gasteiger charge is -2.33. The van der Waals surface area contributed by atoms with Gasteiger partial charge in [-0.2, -0.15) is 0 Å². The predicted octanol–water partition coefficient (Wildman–Crippen LogP) is 7.89. The maximum absolute atomic E-state index is 6.86. The molecule has 1 aromatic carbocycles. The summed E-state index contributed by atoms with van der Waals surface area (Å²) in [5, 5.41) is 0. The lowest BCUT2D eigenvalue weighted by molar-refractivity contribution is 0.505. The number of benzene rings is 1. The Hall–Kier alpha value is -0.763. The smallest absolute Gasteiger partial charge is 0.251 e. The monoisotopic (exact) mass is 348 g/mol. The molecule has 1 rings (SSSR count). The zero-order chi connectivity index (χ0) is 17.7. The topological polar surface area (TPSA) is 9.23 Å². The zero-order valence-corrected chi connectivity index (χ0v) is 17.7. The molecule has 0 aromatic heterocycles. The third kappa shape index (κ3) is 8.37. The molecule has 0 bridgehead atoms. The first-order chi connectivity index (χ1) is 11.7. The van der Waals surface area contributed by atoms with E-state index in [1.54, 1.807) is 0 Å². The summed E-state index contributed by atoms with van der Waals surface area (Å²) in [4.78, 5) is 0. The highest BCUT2D eigenvalue weighted by Gasteiger charge is 2.35. The highest BCUT2D eigenvalue weighted by molar-refractivity contribution is 6.74. The summed E-state index contributed by atoms with van der Waals surface area (Å²) < 4.78 is 6.86. The molecule has 0 fully saturated rings. The first-order valence-electron chi connectivity index (χ1n) is 10.4. The van der Waals surface area contributed by atoms with Crippen molar-refractivity contribution in [3.05, 3.63) is 29.8 Å². The van der Waals surface area contributed by atoms with Crippen molar-refractivity contribution >= 4 is 8.32 Å². The minimum absolute atomic E-state index is 1.13. The van der Waals surface area contributed by atoms with Crippen molar-refractivity contribution in [2.24, 2.45) is 0 Å². The lowest BCUT2D eigenvalue weighted by Crippen LogP contribution is -2.41. The van der Waals surface area contributed by atoms with Crippen LogP contribution in [0.25, 0.3) is 0 Å². The van der Waals surface area contributed by atoms with Crippen molar-refractivity contribution in [3.8, 4) is 5.75 Å². The molecule has 0 unspecified atom stereocenters. The summed E-state index contributed by atoms with van der Waals surface area (Å²) in [5.41, 5.74) is 1.31. The maximum atomic E-state index is 6.86. The molecule has 0 aliphatic rings. The Morgan fingerprint density at radius 1 is 0.750 bits per heavy atom. The van der Waals surface area contributed by atoms with Crippen LogP contribution >= 0.6 is 0 Å². The predicted molar refractivity (Wildman–Crippen MR) is 111 cm³/mol. The third-order valence-electron chi connectivity index (χ3n) is 5.03. The number of hydrogen-bond donors (Lipinski definition) is 0. The summed E-state index contributed by atoms with van der Waals surface area (Å²) >= 11 is 0. The van der Waals surface area contributed by atoms with E-state index in [9.17, 15) is 0 Å². The van der Waals surface area contributed by atoms with Crippen molar-refractivity contribution in [2.75, 3.05) is 0 Å². The van der Waals surface area contributed by atoms with Crippen LogP contribution in [0.2, 0.25) is 18.1 Å². The molecule has 138 valence electrons. The van der Waals surface area contributed by atoms with Crippen LogP contribution in [0.1, 0.15) is 84.1 Å². The normalized spacial score (nSPS) is 11.7. The first-order valence-corrected chi connectivity index (χ1v) is 12.9. The van der Waals surface area contributed by atoms with Crippen LogP contribution in [-0.2, 0) is 0 Å². The van der Waals surface area contributed by atoms with Gasteiger partial charge in [0.25, 0.3) is 8.32 Å². The number of hydrogen-bond acceptors (Lipinski definition) is 1. The fourth-order valence-electron chi connectivity index (χ4n) is 3.55. The van der Waals surface area contributed by atoms with Gasteiger partial charge < -0.3 is 4.43 Å². The minimum Gasteiger partial charge on any atom is -0.543 e. The Balaban J connectivity index is 2.87. The van der Waals surface area contributed by atoms with E-state index in [4.69, 9.17) is 4.43 Å². The highest BCUT2D eigenvalue weighted by atomic mass is 28.4. The first kappa shape index (κ1) is 21.3. The molecule has 0 saturated carbocycles. The van der Waals surface area contributed by atoms with Gasteiger partial charge >= 0.3 is 0 Å². The van der Waals surface area contributed by atoms with E-state index in [2.05, 4.69) is 52.0 Å². The molecule has 0 amide bonds. The van der Waals surface area contributed by atoms with Gasteiger partial charge in [0.1, 0.15) is 5.75 Å². The molecule has 0 N–H and O–H groups in total. The van der Waals surface area contributed by atoms with Gasteiger partial charge in [-0.25, -0.2) is 0 Å². The van der Waals surface area contributed by atoms with E-state index in [1.165, 1.54) is 81.5 Å².